The van der Waals surface area contributed by atoms with Crippen molar-refractivity contribution in [2.24, 2.45) is 0 Å². The van der Waals surface area contributed by atoms with Gasteiger partial charge in [0.05, 0.1) is 10.9 Å². The van der Waals surface area contributed by atoms with Gasteiger partial charge >= 0.3 is 0 Å². The summed E-state index contributed by atoms with van der Waals surface area (Å²) in [5.74, 6) is -0.401. The molecule has 1 amide bonds. The first-order chi connectivity index (χ1) is 14.7. The number of amides is 1. The largest absolute Gasteiger partial charge is 0.348 e. The van der Waals surface area contributed by atoms with Crippen LogP contribution in [0.15, 0.2) is 83.8 Å². The van der Waals surface area contributed by atoms with Crippen molar-refractivity contribution < 1.29 is 13.2 Å². The molecule has 0 spiro atoms. The molecule has 0 aliphatic carbocycles. The number of aryl methyl sites for hydroxylation is 1. The van der Waals surface area contributed by atoms with E-state index in [1.54, 1.807) is 24.3 Å². The lowest BCUT2D eigenvalue weighted by Crippen LogP contribution is -2.48. The number of carbonyl (C=O) groups is 1. The molecule has 0 aromatic heterocycles. The summed E-state index contributed by atoms with van der Waals surface area (Å²) in [5.41, 5.74) is 2.68. The number of halogens is 1. The third-order valence-corrected chi connectivity index (χ3v) is 6.70. The van der Waals surface area contributed by atoms with Crippen LogP contribution in [0.5, 0.6) is 0 Å². The van der Waals surface area contributed by atoms with Crippen molar-refractivity contribution in [1.29, 1.82) is 0 Å². The molecule has 0 unspecified atom stereocenters. The van der Waals surface area contributed by atoms with Crippen LogP contribution in [0, 0.1) is 6.92 Å². The molecule has 0 saturated heterocycles. The second-order valence-electron chi connectivity index (χ2n) is 7.46. The van der Waals surface area contributed by atoms with E-state index in [0.29, 0.717) is 5.02 Å². The minimum Gasteiger partial charge on any atom is -0.348 e. The van der Waals surface area contributed by atoms with Crippen LogP contribution in [0.3, 0.4) is 0 Å². The third kappa shape index (κ3) is 6.40. The van der Waals surface area contributed by atoms with Crippen LogP contribution in [0.4, 0.5) is 0 Å². The van der Waals surface area contributed by atoms with Crippen molar-refractivity contribution in [2.75, 3.05) is 0 Å². The Kier molecular flexibility index (Phi) is 7.49. The van der Waals surface area contributed by atoms with Crippen molar-refractivity contribution in [3.05, 3.63) is 101 Å². The molecule has 2 atom stereocenters. The summed E-state index contributed by atoms with van der Waals surface area (Å²) in [7, 11) is -3.88. The molecule has 0 aliphatic heterocycles. The Morgan fingerprint density at radius 2 is 1.55 bits per heavy atom. The highest BCUT2D eigenvalue weighted by Gasteiger charge is 2.27. The van der Waals surface area contributed by atoms with Gasteiger partial charge in [-0.1, -0.05) is 71.8 Å². The van der Waals surface area contributed by atoms with E-state index in [1.165, 1.54) is 12.1 Å². The van der Waals surface area contributed by atoms with E-state index in [9.17, 15) is 13.2 Å². The molecule has 7 heteroatoms. The number of rotatable bonds is 8. The maximum atomic E-state index is 13.1. The van der Waals surface area contributed by atoms with Crippen molar-refractivity contribution in [1.82, 2.24) is 10.0 Å². The third-order valence-electron chi connectivity index (χ3n) is 4.96. The van der Waals surface area contributed by atoms with Gasteiger partial charge in [-0.05, 0) is 55.7 Å². The molecule has 3 rings (SSSR count). The van der Waals surface area contributed by atoms with Crippen molar-refractivity contribution in [3.8, 4) is 0 Å². The molecular formula is C24H25ClN2O3S. The van der Waals surface area contributed by atoms with E-state index in [0.717, 1.165) is 16.7 Å². The van der Waals surface area contributed by atoms with E-state index in [1.807, 2.05) is 56.3 Å². The summed E-state index contributed by atoms with van der Waals surface area (Å²) < 4.78 is 28.5. The SMILES string of the molecule is Cc1ccc(S(=O)(=O)N[C@H](Cc2ccccc2)C(=O)N[C@H](C)c2ccc(Cl)cc2)cc1. The van der Waals surface area contributed by atoms with Gasteiger partial charge in [0, 0.05) is 5.02 Å². The monoisotopic (exact) mass is 456 g/mol. The number of hydrogen-bond donors (Lipinski definition) is 2. The van der Waals surface area contributed by atoms with E-state index in [-0.39, 0.29) is 17.4 Å². The Morgan fingerprint density at radius 3 is 2.16 bits per heavy atom. The average Bonchev–Trinajstić information content (AvgIpc) is 2.74. The average molecular weight is 457 g/mol. The lowest BCUT2D eigenvalue weighted by atomic mass is 10.0. The Balaban J connectivity index is 1.82. The van der Waals surface area contributed by atoms with Crippen LogP contribution in [-0.2, 0) is 21.2 Å². The minimum absolute atomic E-state index is 0.120. The van der Waals surface area contributed by atoms with Gasteiger partial charge in [0.2, 0.25) is 15.9 Å². The van der Waals surface area contributed by atoms with Crippen LogP contribution >= 0.6 is 11.6 Å². The van der Waals surface area contributed by atoms with Crippen molar-refractivity contribution in [3.63, 3.8) is 0 Å². The molecular weight excluding hydrogens is 432 g/mol. The minimum atomic E-state index is -3.88. The summed E-state index contributed by atoms with van der Waals surface area (Å²) in [6.07, 6.45) is 0.227. The van der Waals surface area contributed by atoms with Gasteiger partial charge in [-0.15, -0.1) is 0 Å². The summed E-state index contributed by atoms with van der Waals surface area (Å²) >= 11 is 5.94. The number of hydrogen-bond acceptors (Lipinski definition) is 3. The first-order valence-electron chi connectivity index (χ1n) is 9.93. The zero-order chi connectivity index (χ0) is 22.4. The molecule has 0 bridgehead atoms. The molecule has 5 nitrogen and oxygen atoms in total. The quantitative estimate of drug-likeness (QED) is 0.527. The Bertz CT molecular complexity index is 1120. The molecule has 0 saturated carbocycles. The predicted molar refractivity (Wildman–Crippen MR) is 123 cm³/mol. The van der Waals surface area contributed by atoms with E-state index < -0.39 is 22.0 Å². The first-order valence-corrected chi connectivity index (χ1v) is 11.8. The summed E-state index contributed by atoms with van der Waals surface area (Å²) in [4.78, 5) is 13.2. The van der Waals surface area contributed by atoms with Gasteiger partial charge in [0.1, 0.15) is 6.04 Å². The molecule has 0 radical (unpaired) electrons. The summed E-state index contributed by atoms with van der Waals surface area (Å²) in [6, 6.07) is 21.7. The fourth-order valence-electron chi connectivity index (χ4n) is 3.16. The molecule has 2 N–H and O–H groups in total. The lowest BCUT2D eigenvalue weighted by molar-refractivity contribution is -0.123. The van der Waals surface area contributed by atoms with Crippen LogP contribution in [0.25, 0.3) is 0 Å². The normalized spacial score (nSPS) is 13.4. The molecule has 31 heavy (non-hydrogen) atoms. The van der Waals surface area contributed by atoms with Gasteiger partial charge in [-0.25, -0.2) is 8.42 Å². The lowest BCUT2D eigenvalue weighted by Gasteiger charge is -2.22. The van der Waals surface area contributed by atoms with Gasteiger partial charge < -0.3 is 5.32 Å². The molecule has 3 aromatic carbocycles. The zero-order valence-corrected chi connectivity index (χ0v) is 19.0. The number of carbonyl (C=O) groups excluding carboxylic acids is 1. The Morgan fingerprint density at radius 1 is 0.935 bits per heavy atom. The van der Waals surface area contributed by atoms with E-state index in [2.05, 4.69) is 10.0 Å². The van der Waals surface area contributed by atoms with E-state index >= 15 is 0 Å². The maximum Gasteiger partial charge on any atom is 0.241 e. The molecule has 0 heterocycles. The zero-order valence-electron chi connectivity index (χ0n) is 17.4. The highest BCUT2D eigenvalue weighted by Crippen LogP contribution is 2.17. The smallest absolute Gasteiger partial charge is 0.241 e. The first kappa shape index (κ1) is 23.0. The van der Waals surface area contributed by atoms with Gasteiger partial charge in [-0.2, -0.15) is 4.72 Å². The topological polar surface area (TPSA) is 75.3 Å². The number of sulfonamides is 1. The molecule has 162 valence electrons. The van der Waals surface area contributed by atoms with Crippen LogP contribution < -0.4 is 10.0 Å². The van der Waals surface area contributed by atoms with Gasteiger partial charge in [0.15, 0.2) is 0 Å². The maximum absolute atomic E-state index is 13.1. The highest BCUT2D eigenvalue weighted by molar-refractivity contribution is 7.89. The molecule has 0 fully saturated rings. The molecule has 0 aliphatic rings. The van der Waals surface area contributed by atoms with Crippen LogP contribution in [-0.4, -0.2) is 20.4 Å². The van der Waals surface area contributed by atoms with Gasteiger partial charge in [0.25, 0.3) is 0 Å². The van der Waals surface area contributed by atoms with Gasteiger partial charge in [-0.3, -0.25) is 4.79 Å². The Hall–Kier alpha value is -2.67. The second kappa shape index (κ2) is 10.1. The number of nitrogens with one attached hydrogen (secondary N) is 2. The highest BCUT2D eigenvalue weighted by atomic mass is 35.5. The Labute approximate surface area is 188 Å². The van der Waals surface area contributed by atoms with E-state index in [4.69, 9.17) is 11.6 Å². The fourth-order valence-corrected chi connectivity index (χ4v) is 4.48. The van der Waals surface area contributed by atoms with Crippen LogP contribution in [0.2, 0.25) is 5.02 Å². The summed E-state index contributed by atoms with van der Waals surface area (Å²) in [5, 5.41) is 3.52. The predicted octanol–water partition coefficient (Wildman–Crippen LogP) is 4.42. The summed E-state index contributed by atoms with van der Waals surface area (Å²) in [6.45, 7) is 3.73. The fraction of sp³-hybridized carbons (Fsp3) is 0.208. The van der Waals surface area contributed by atoms with Crippen molar-refractivity contribution >= 4 is 27.5 Å². The second-order valence-corrected chi connectivity index (χ2v) is 9.61. The van der Waals surface area contributed by atoms with Crippen LogP contribution in [0.1, 0.15) is 29.7 Å². The molecule has 3 aromatic rings. The van der Waals surface area contributed by atoms with Crippen molar-refractivity contribution in [2.45, 2.75) is 37.2 Å². The standard InChI is InChI=1S/C24H25ClN2O3S/c1-17-8-14-22(15-9-17)31(29,30)27-23(16-19-6-4-3-5-7-19)24(28)26-18(2)20-10-12-21(25)13-11-20/h3-15,18,23,27H,16H2,1-2H3,(H,26,28)/t18-,23-/m1/s1. The number of benzene rings is 3.